The van der Waals surface area contributed by atoms with Gasteiger partial charge in [-0.3, -0.25) is 14.8 Å². The molecule has 1 amide bonds. The van der Waals surface area contributed by atoms with Crippen molar-refractivity contribution in [3.05, 3.63) is 76.1 Å². The summed E-state index contributed by atoms with van der Waals surface area (Å²) in [6.07, 6.45) is 5.03. The number of benzene rings is 2. The van der Waals surface area contributed by atoms with Crippen LogP contribution in [0, 0.1) is 36.9 Å². The molecule has 0 spiro atoms. The van der Waals surface area contributed by atoms with E-state index in [1.807, 2.05) is 36.9 Å². The Morgan fingerprint density at radius 2 is 2.06 bits per heavy atom. The van der Waals surface area contributed by atoms with Crippen molar-refractivity contribution in [2.45, 2.75) is 58.2 Å². The number of hydrogen-bond donors (Lipinski definition) is 1. The molecule has 3 aliphatic heterocycles. The number of ether oxygens (including phenoxy) is 1. The Balaban J connectivity index is 1.49. The van der Waals surface area contributed by atoms with E-state index in [0.717, 1.165) is 46.4 Å². The normalized spacial score (nSPS) is 21.1. The first-order valence-corrected chi connectivity index (χ1v) is 16.9. The van der Waals surface area contributed by atoms with Crippen LogP contribution in [-0.2, 0) is 16.0 Å². The van der Waals surface area contributed by atoms with E-state index in [1.165, 1.54) is 0 Å². The van der Waals surface area contributed by atoms with Crippen LogP contribution in [-0.4, -0.2) is 62.7 Å². The highest BCUT2D eigenvalue weighted by Crippen LogP contribution is 2.50. The summed E-state index contributed by atoms with van der Waals surface area (Å²) in [5.41, 5.74) is 6.42. The molecule has 0 radical (unpaired) electrons. The van der Waals surface area contributed by atoms with Crippen molar-refractivity contribution in [3.8, 4) is 28.6 Å². The largest absolute Gasteiger partial charge is 0.370 e. The van der Waals surface area contributed by atoms with Gasteiger partial charge >= 0.3 is 0 Å². The number of nitriles is 1. The van der Waals surface area contributed by atoms with Gasteiger partial charge in [0.2, 0.25) is 5.91 Å². The van der Waals surface area contributed by atoms with Crippen molar-refractivity contribution in [1.29, 1.82) is 5.26 Å². The number of halogens is 2. The molecule has 3 saturated heterocycles. The standard InChI is InChI=1S/C37H35ClFN7O2/c1-19-15-42-29(17-41-19)34-26-14-30(21(3)45-10-11-48-18-31(45)47)46(36-23-13-28(36)43-16-23)37(26)25-12-22(6-5-9-40)32(33(39)35(25)44-34)24-7-4-8-27(38)20(24)2/h4,7-8,12,14-15,17,21,23,28,36,43H,5-6,10-11,13,16,18H2,1-3H3/t21?,23-,28-,36+/m1/s1. The number of rotatable bonds is 7. The second-order valence-corrected chi connectivity index (χ2v) is 13.6. The van der Waals surface area contributed by atoms with Crippen LogP contribution in [0.4, 0.5) is 4.39 Å². The van der Waals surface area contributed by atoms with Crippen molar-refractivity contribution in [3.63, 3.8) is 0 Å². The van der Waals surface area contributed by atoms with Gasteiger partial charge in [0.05, 0.1) is 42.2 Å². The quantitative estimate of drug-likeness (QED) is 0.208. The van der Waals surface area contributed by atoms with E-state index < -0.39 is 5.82 Å². The predicted octanol–water partition coefficient (Wildman–Crippen LogP) is 6.63. The zero-order chi connectivity index (χ0) is 33.3. The third-order valence-electron chi connectivity index (χ3n) is 10.5. The second-order valence-electron chi connectivity index (χ2n) is 13.2. The van der Waals surface area contributed by atoms with Gasteiger partial charge in [0, 0.05) is 58.8 Å². The van der Waals surface area contributed by atoms with Crippen LogP contribution in [0.5, 0.6) is 0 Å². The van der Waals surface area contributed by atoms with E-state index in [1.54, 1.807) is 18.5 Å². The number of amides is 1. The molecule has 2 aromatic carbocycles. The van der Waals surface area contributed by atoms with Crippen LogP contribution < -0.4 is 5.32 Å². The fraction of sp³-hybridized carbons (Fsp3) is 0.378. The monoisotopic (exact) mass is 663 g/mol. The van der Waals surface area contributed by atoms with E-state index >= 15 is 4.39 Å². The summed E-state index contributed by atoms with van der Waals surface area (Å²) in [7, 11) is 0. The summed E-state index contributed by atoms with van der Waals surface area (Å²) in [4.78, 5) is 29.3. The summed E-state index contributed by atoms with van der Waals surface area (Å²) in [6, 6.07) is 12.0. The molecule has 4 aliphatic rings. The summed E-state index contributed by atoms with van der Waals surface area (Å²) in [5.74, 6) is -0.118. The molecule has 1 N–H and O–H groups in total. The van der Waals surface area contributed by atoms with Gasteiger partial charge in [0.1, 0.15) is 23.5 Å². The number of aromatic nitrogens is 4. The molecule has 1 aliphatic carbocycles. The third kappa shape index (κ3) is 4.79. The van der Waals surface area contributed by atoms with Gasteiger partial charge in [0.15, 0.2) is 5.82 Å². The SMILES string of the molecule is Cc1cnc(-c2nc3c(F)c(-c4cccc(Cl)c4C)c(CCC#N)cc3c3c2cc(C(C)N2CCOCC2=O)n3[C@H]2[C@H]3CN[C@@H]2C3)cn1. The number of pyridine rings is 1. The van der Waals surface area contributed by atoms with Crippen LogP contribution in [0.2, 0.25) is 5.02 Å². The number of morpholine rings is 1. The lowest BCUT2D eigenvalue weighted by atomic mass is 9.79. The average molecular weight is 664 g/mol. The van der Waals surface area contributed by atoms with Crippen molar-refractivity contribution in [1.82, 2.24) is 29.7 Å². The number of aryl methyl sites for hydroxylation is 2. The maximum atomic E-state index is 17.4. The number of nitrogens with one attached hydrogen (secondary N) is 1. The highest BCUT2D eigenvalue weighted by atomic mass is 35.5. The van der Waals surface area contributed by atoms with Gasteiger partial charge in [-0.25, -0.2) is 9.37 Å². The number of nitrogens with zero attached hydrogens (tertiary/aromatic N) is 6. The lowest BCUT2D eigenvalue weighted by Crippen LogP contribution is -2.45. The van der Waals surface area contributed by atoms with Crippen molar-refractivity contribution >= 4 is 39.3 Å². The minimum Gasteiger partial charge on any atom is -0.370 e. The molecule has 9 nitrogen and oxygen atoms in total. The molecule has 4 atom stereocenters. The van der Waals surface area contributed by atoms with Crippen LogP contribution >= 0.6 is 11.6 Å². The highest BCUT2D eigenvalue weighted by molar-refractivity contribution is 6.31. The Bertz CT molecular complexity index is 2140. The zero-order valence-electron chi connectivity index (χ0n) is 27.1. The van der Waals surface area contributed by atoms with Gasteiger partial charge in [-0.05, 0) is 74.4 Å². The molecular weight excluding hydrogens is 629 g/mol. The molecule has 1 saturated carbocycles. The van der Waals surface area contributed by atoms with Crippen LogP contribution in [0.15, 0.2) is 42.7 Å². The Labute approximate surface area is 282 Å². The van der Waals surface area contributed by atoms with Crippen LogP contribution in [0.3, 0.4) is 0 Å². The minimum absolute atomic E-state index is 0.0503. The maximum Gasteiger partial charge on any atom is 0.249 e. The van der Waals surface area contributed by atoms with Crippen molar-refractivity contribution < 1.29 is 13.9 Å². The molecule has 3 aromatic heterocycles. The molecule has 5 aromatic rings. The lowest BCUT2D eigenvalue weighted by Gasteiger charge is -2.40. The lowest BCUT2D eigenvalue weighted by molar-refractivity contribution is -0.145. The number of carbonyl (C=O) groups is 1. The first-order valence-electron chi connectivity index (χ1n) is 16.5. The molecule has 244 valence electrons. The highest BCUT2D eigenvalue weighted by Gasteiger charge is 2.49. The Morgan fingerprint density at radius 3 is 2.77 bits per heavy atom. The summed E-state index contributed by atoms with van der Waals surface area (Å²) < 4.78 is 25.3. The average Bonchev–Trinajstić information content (AvgIpc) is 3.82. The first kappa shape index (κ1) is 30.9. The van der Waals surface area contributed by atoms with Crippen LogP contribution in [0.25, 0.3) is 44.3 Å². The molecule has 6 heterocycles. The van der Waals surface area contributed by atoms with Gasteiger partial charge in [-0.1, -0.05) is 23.7 Å². The minimum atomic E-state index is -0.463. The fourth-order valence-electron chi connectivity index (χ4n) is 8.00. The third-order valence-corrected chi connectivity index (χ3v) is 10.9. The van der Waals surface area contributed by atoms with Crippen LogP contribution in [0.1, 0.15) is 54.4 Å². The topological polar surface area (TPSA) is 109 Å². The van der Waals surface area contributed by atoms with Gasteiger partial charge in [-0.2, -0.15) is 5.26 Å². The van der Waals surface area contributed by atoms with E-state index in [4.69, 9.17) is 26.3 Å². The number of fused-ring (bicyclic) bond motifs is 4. The maximum absolute atomic E-state index is 17.4. The molecule has 2 bridgehead atoms. The first-order chi connectivity index (χ1) is 23.3. The zero-order valence-corrected chi connectivity index (χ0v) is 27.8. The summed E-state index contributed by atoms with van der Waals surface area (Å²) in [5, 5.41) is 15.3. The van der Waals surface area contributed by atoms with Gasteiger partial charge in [-0.15, -0.1) is 0 Å². The summed E-state index contributed by atoms with van der Waals surface area (Å²) in [6.45, 7) is 7.72. The smallest absolute Gasteiger partial charge is 0.249 e. The Hall–Kier alpha value is -4.43. The molecular formula is C37H35ClFN7O2. The second kappa shape index (κ2) is 11.9. The predicted molar refractivity (Wildman–Crippen MR) is 182 cm³/mol. The van der Waals surface area contributed by atoms with E-state index in [-0.39, 0.29) is 42.6 Å². The Kier molecular flexibility index (Phi) is 7.67. The van der Waals surface area contributed by atoms with Crippen molar-refractivity contribution in [2.24, 2.45) is 5.92 Å². The fourth-order valence-corrected chi connectivity index (χ4v) is 8.18. The molecule has 48 heavy (non-hydrogen) atoms. The van der Waals surface area contributed by atoms with E-state index in [9.17, 15) is 10.1 Å². The van der Waals surface area contributed by atoms with E-state index in [2.05, 4.69) is 33.9 Å². The van der Waals surface area contributed by atoms with Gasteiger partial charge < -0.3 is 19.5 Å². The molecule has 4 fully saturated rings. The summed E-state index contributed by atoms with van der Waals surface area (Å²) >= 11 is 6.55. The molecule has 1 unspecified atom stereocenters. The number of hydrogen-bond acceptors (Lipinski definition) is 7. The number of carbonyl (C=O) groups excluding carboxylic acids is 1. The van der Waals surface area contributed by atoms with E-state index in [0.29, 0.717) is 58.4 Å². The molecule has 11 heteroatoms. The molecule has 9 rings (SSSR count). The Morgan fingerprint density at radius 1 is 1.21 bits per heavy atom. The van der Waals surface area contributed by atoms with Gasteiger partial charge in [0.25, 0.3) is 0 Å². The van der Waals surface area contributed by atoms with Crippen molar-refractivity contribution in [2.75, 3.05) is 26.3 Å².